The van der Waals surface area contributed by atoms with E-state index in [-0.39, 0.29) is 12.1 Å². The number of benzene rings is 3. The zero-order valence-corrected chi connectivity index (χ0v) is 15.8. The van der Waals surface area contributed by atoms with Crippen LogP contribution < -0.4 is 9.47 Å². The molecule has 4 rings (SSSR count). The summed E-state index contributed by atoms with van der Waals surface area (Å²) < 4.78 is 11.7. The molecule has 3 aromatic carbocycles. The lowest BCUT2D eigenvalue weighted by Crippen LogP contribution is -2.16. The molecule has 1 heterocycles. The van der Waals surface area contributed by atoms with Crippen molar-refractivity contribution in [2.24, 2.45) is 0 Å². The third kappa shape index (κ3) is 4.61. The molecule has 0 fully saturated rings. The van der Waals surface area contributed by atoms with Crippen LogP contribution in [0, 0.1) is 0 Å². The Balaban J connectivity index is 1.47. The van der Waals surface area contributed by atoms with E-state index in [9.17, 15) is 4.79 Å². The van der Waals surface area contributed by atoms with Gasteiger partial charge in [0.2, 0.25) is 0 Å². The highest BCUT2D eigenvalue weighted by Crippen LogP contribution is 2.32. The fourth-order valence-corrected chi connectivity index (χ4v) is 3.60. The molecule has 1 aliphatic rings. The van der Waals surface area contributed by atoms with Crippen LogP contribution in [0.25, 0.3) is 0 Å². The van der Waals surface area contributed by atoms with Crippen molar-refractivity contribution in [3.05, 3.63) is 95.6 Å². The topological polar surface area (TPSA) is 35.5 Å². The van der Waals surface area contributed by atoms with Crippen LogP contribution in [0.15, 0.2) is 78.9 Å². The second-order valence-corrected chi connectivity index (χ2v) is 7.14. The number of ether oxygens (including phenoxy) is 2. The van der Waals surface area contributed by atoms with Crippen LogP contribution in [0.1, 0.15) is 42.1 Å². The fourth-order valence-electron chi connectivity index (χ4n) is 3.60. The van der Waals surface area contributed by atoms with E-state index in [1.165, 1.54) is 11.1 Å². The maximum atomic E-state index is 11.5. The molecule has 0 N–H and O–H groups in total. The Labute approximate surface area is 165 Å². The van der Waals surface area contributed by atoms with Crippen LogP contribution in [0.4, 0.5) is 0 Å². The molecule has 0 bridgehead atoms. The van der Waals surface area contributed by atoms with E-state index in [0.29, 0.717) is 18.6 Å². The highest BCUT2D eigenvalue weighted by atomic mass is 16.5. The maximum Gasteiger partial charge on any atom is 0.311 e. The highest BCUT2D eigenvalue weighted by molar-refractivity contribution is 5.75. The van der Waals surface area contributed by atoms with Gasteiger partial charge < -0.3 is 9.47 Å². The minimum atomic E-state index is -0.163. The summed E-state index contributed by atoms with van der Waals surface area (Å²) in [4.78, 5) is 11.5. The summed E-state index contributed by atoms with van der Waals surface area (Å²) in [5.41, 5.74) is 3.57. The van der Waals surface area contributed by atoms with Gasteiger partial charge in [-0.3, -0.25) is 4.79 Å². The van der Waals surface area contributed by atoms with Gasteiger partial charge in [0.25, 0.3) is 0 Å². The molecule has 0 radical (unpaired) electrons. The Hall–Kier alpha value is -3.07. The molecule has 3 heteroatoms. The standard InChI is InChI=1S/C25H24O3/c26-25-17-14-21-18-22(15-16-24(21)28-25)27-23(20-11-5-2-6-12-20)13-7-10-19-8-3-1-4-9-19/h1-6,8-9,11-12,15-16,18,23H,7,10,13-14,17H2. The fraction of sp³-hybridized carbons (Fsp3) is 0.240. The van der Waals surface area contributed by atoms with E-state index in [1.807, 2.05) is 30.3 Å². The summed E-state index contributed by atoms with van der Waals surface area (Å²) in [5, 5.41) is 0. The van der Waals surface area contributed by atoms with Gasteiger partial charge in [-0.1, -0.05) is 60.7 Å². The molecule has 0 saturated carbocycles. The molecule has 1 aliphatic heterocycles. The highest BCUT2D eigenvalue weighted by Gasteiger charge is 2.19. The summed E-state index contributed by atoms with van der Waals surface area (Å²) in [5.74, 6) is 1.32. The van der Waals surface area contributed by atoms with Crippen LogP contribution in [-0.4, -0.2) is 5.97 Å². The first-order valence-electron chi connectivity index (χ1n) is 9.87. The summed E-state index contributed by atoms with van der Waals surface area (Å²) in [6.07, 6.45) is 4.14. The summed E-state index contributed by atoms with van der Waals surface area (Å²) in [6, 6.07) is 26.7. The van der Waals surface area contributed by atoms with Gasteiger partial charge in [-0.15, -0.1) is 0 Å². The van der Waals surface area contributed by atoms with Gasteiger partial charge in [0.1, 0.15) is 17.6 Å². The number of carbonyl (C=O) groups is 1. The van der Waals surface area contributed by atoms with E-state index in [2.05, 4.69) is 48.5 Å². The second kappa shape index (κ2) is 8.75. The number of esters is 1. The van der Waals surface area contributed by atoms with Gasteiger partial charge in [0, 0.05) is 0 Å². The number of aryl methyl sites for hydroxylation is 2. The number of carbonyl (C=O) groups excluding carboxylic acids is 1. The molecule has 3 aromatic rings. The first-order valence-corrected chi connectivity index (χ1v) is 9.87. The van der Waals surface area contributed by atoms with Gasteiger partial charge in [-0.25, -0.2) is 0 Å². The van der Waals surface area contributed by atoms with Gasteiger partial charge in [0.05, 0.1) is 6.42 Å². The van der Waals surface area contributed by atoms with Crippen molar-refractivity contribution in [2.45, 2.75) is 38.2 Å². The van der Waals surface area contributed by atoms with Crippen molar-refractivity contribution < 1.29 is 14.3 Å². The molecule has 0 spiro atoms. The molecule has 0 saturated heterocycles. The van der Waals surface area contributed by atoms with Crippen LogP contribution in [0.2, 0.25) is 0 Å². The predicted molar refractivity (Wildman–Crippen MR) is 110 cm³/mol. The predicted octanol–water partition coefficient (Wildman–Crippen LogP) is 5.68. The third-order valence-electron chi connectivity index (χ3n) is 5.08. The van der Waals surface area contributed by atoms with E-state index >= 15 is 0 Å². The Bertz CT molecular complexity index is 919. The van der Waals surface area contributed by atoms with Crippen LogP contribution in [-0.2, 0) is 17.6 Å². The smallest absolute Gasteiger partial charge is 0.311 e. The van der Waals surface area contributed by atoms with Crippen molar-refractivity contribution in [3.63, 3.8) is 0 Å². The molecule has 142 valence electrons. The molecule has 3 nitrogen and oxygen atoms in total. The SMILES string of the molecule is O=C1CCc2cc(OC(CCCc3ccccc3)c3ccccc3)ccc2O1. The summed E-state index contributed by atoms with van der Waals surface area (Å²) >= 11 is 0. The average molecular weight is 372 g/mol. The third-order valence-corrected chi connectivity index (χ3v) is 5.08. The average Bonchev–Trinajstić information content (AvgIpc) is 2.74. The molecular formula is C25H24O3. The van der Waals surface area contributed by atoms with E-state index < -0.39 is 0 Å². The number of fused-ring (bicyclic) bond motifs is 1. The Morgan fingerprint density at radius 2 is 1.64 bits per heavy atom. The summed E-state index contributed by atoms with van der Waals surface area (Å²) in [6.45, 7) is 0. The largest absolute Gasteiger partial charge is 0.486 e. The van der Waals surface area contributed by atoms with Gasteiger partial charge in [0.15, 0.2) is 0 Å². The van der Waals surface area contributed by atoms with E-state index in [1.54, 1.807) is 0 Å². The Morgan fingerprint density at radius 3 is 2.43 bits per heavy atom. The number of rotatable bonds is 7. The Morgan fingerprint density at radius 1 is 0.893 bits per heavy atom. The number of hydrogen-bond donors (Lipinski definition) is 0. The van der Waals surface area contributed by atoms with Gasteiger partial charge in [-0.05, 0) is 60.6 Å². The van der Waals surface area contributed by atoms with Crippen molar-refractivity contribution in [1.82, 2.24) is 0 Å². The van der Waals surface area contributed by atoms with Crippen LogP contribution in [0.3, 0.4) is 0 Å². The lowest BCUT2D eigenvalue weighted by Gasteiger charge is -2.22. The molecular weight excluding hydrogens is 348 g/mol. The first kappa shape index (κ1) is 18.3. The Kier molecular flexibility index (Phi) is 5.72. The zero-order valence-electron chi connectivity index (χ0n) is 15.8. The maximum absolute atomic E-state index is 11.5. The van der Waals surface area contributed by atoms with Crippen LogP contribution >= 0.6 is 0 Å². The first-order chi connectivity index (χ1) is 13.8. The zero-order chi connectivity index (χ0) is 19.2. The van der Waals surface area contributed by atoms with Crippen molar-refractivity contribution in [2.75, 3.05) is 0 Å². The minimum Gasteiger partial charge on any atom is -0.486 e. The normalized spacial score (nSPS) is 14.1. The quantitative estimate of drug-likeness (QED) is 0.395. The molecule has 0 aliphatic carbocycles. The van der Waals surface area contributed by atoms with Gasteiger partial charge in [-0.2, -0.15) is 0 Å². The molecule has 1 unspecified atom stereocenters. The molecule has 0 aromatic heterocycles. The van der Waals surface area contributed by atoms with Crippen LogP contribution in [0.5, 0.6) is 11.5 Å². The van der Waals surface area contributed by atoms with Gasteiger partial charge >= 0.3 is 5.97 Å². The van der Waals surface area contributed by atoms with Crippen molar-refractivity contribution in [1.29, 1.82) is 0 Å². The molecule has 28 heavy (non-hydrogen) atoms. The van der Waals surface area contributed by atoms with E-state index in [0.717, 1.165) is 30.6 Å². The minimum absolute atomic E-state index is 0.00546. The van der Waals surface area contributed by atoms with Crippen molar-refractivity contribution in [3.8, 4) is 11.5 Å². The number of hydrogen-bond acceptors (Lipinski definition) is 3. The lowest BCUT2D eigenvalue weighted by molar-refractivity contribution is -0.135. The lowest BCUT2D eigenvalue weighted by atomic mass is 10.0. The molecule has 0 amide bonds. The second-order valence-electron chi connectivity index (χ2n) is 7.14. The van der Waals surface area contributed by atoms with Crippen molar-refractivity contribution >= 4 is 5.97 Å². The monoisotopic (exact) mass is 372 g/mol. The summed E-state index contributed by atoms with van der Waals surface area (Å²) in [7, 11) is 0. The van der Waals surface area contributed by atoms with E-state index in [4.69, 9.17) is 9.47 Å². The molecule has 1 atom stereocenters.